The Morgan fingerprint density at radius 3 is 2.61 bits per heavy atom. The number of aromatic nitrogens is 2. The average Bonchev–Trinajstić information content (AvgIpc) is 2.26. The van der Waals surface area contributed by atoms with E-state index in [0.29, 0.717) is 12.5 Å². The quantitative estimate of drug-likeness (QED) is 0.468. The molecule has 0 spiro atoms. The maximum atomic E-state index is 11.1. The zero-order valence-corrected chi connectivity index (χ0v) is 11.7. The number of aryl methyl sites for hydroxylation is 1. The first-order valence-electron chi connectivity index (χ1n) is 5.76. The lowest BCUT2D eigenvalue weighted by molar-refractivity contribution is -0.385. The van der Waals surface area contributed by atoms with Gasteiger partial charge in [0.15, 0.2) is 0 Å². The predicted molar refractivity (Wildman–Crippen MR) is 71.2 cm³/mol. The fraction of sp³-hybridized carbons (Fsp3) is 0.636. The molecule has 0 fully saturated rings. The Morgan fingerprint density at radius 2 is 2.11 bits per heavy atom. The van der Waals surface area contributed by atoms with Crippen molar-refractivity contribution in [3.8, 4) is 0 Å². The van der Waals surface area contributed by atoms with E-state index in [9.17, 15) is 10.1 Å². The minimum atomic E-state index is -0.464. The Morgan fingerprint density at radius 1 is 1.50 bits per heavy atom. The highest BCUT2D eigenvalue weighted by atomic mass is 35.5. The molecule has 1 aromatic rings. The zero-order valence-electron chi connectivity index (χ0n) is 11.0. The molecule has 18 heavy (non-hydrogen) atoms. The third-order valence-electron chi connectivity index (χ3n) is 2.84. The van der Waals surface area contributed by atoms with Gasteiger partial charge in [0, 0.05) is 13.6 Å². The zero-order chi connectivity index (χ0) is 13.9. The summed E-state index contributed by atoms with van der Waals surface area (Å²) in [5.41, 5.74) is 0.205. The Balaban J connectivity index is 3.17. The van der Waals surface area contributed by atoms with Gasteiger partial charge in [-0.25, -0.2) is 4.98 Å². The standard InChI is InChI=1S/C11H17ClN4O2/c1-5-7(2)6-15(4)10-9(16(17)18)8(3)13-11(12)14-10/h7H,5-6H2,1-4H3. The molecule has 100 valence electrons. The van der Waals surface area contributed by atoms with E-state index in [0.717, 1.165) is 6.42 Å². The Hall–Kier alpha value is -1.43. The molecule has 6 nitrogen and oxygen atoms in total. The van der Waals surface area contributed by atoms with Crippen LogP contribution in [0.4, 0.5) is 11.5 Å². The molecule has 1 unspecified atom stereocenters. The molecule has 0 bridgehead atoms. The molecular weight excluding hydrogens is 256 g/mol. The molecule has 7 heteroatoms. The van der Waals surface area contributed by atoms with Gasteiger partial charge in [-0.15, -0.1) is 0 Å². The van der Waals surface area contributed by atoms with Crippen LogP contribution in [0.25, 0.3) is 0 Å². The van der Waals surface area contributed by atoms with Gasteiger partial charge in [0.25, 0.3) is 0 Å². The molecule has 1 aromatic heterocycles. The molecule has 0 aliphatic rings. The average molecular weight is 273 g/mol. The van der Waals surface area contributed by atoms with Gasteiger partial charge < -0.3 is 4.90 Å². The summed E-state index contributed by atoms with van der Waals surface area (Å²) in [6.07, 6.45) is 0.996. The summed E-state index contributed by atoms with van der Waals surface area (Å²) >= 11 is 5.77. The fourth-order valence-electron chi connectivity index (χ4n) is 1.68. The summed E-state index contributed by atoms with van der Waals surface area (Å²) in [4.78, 5) is 20.2. The summed E-state index contributed by atoms with van der Waals surface area (Å²) < 4.78 is 0. The Kier molecular flexibility index (Phi) is 4.84. The van der Waals surface area contributed by atoms with Gasteiger partial charge in [-0.05, 0) is 24.4 Å². The van der Waals surface area contributed by atoms with Crippen LogP contribution in [0.3, 0.4) is 0 Å². The van der Waals surface area contributed by atoms with Crippen molar-refractivity contribution in [2.45, 2.75) is 27.2 Å². The molecule has 0 amide bonds. The SMILES string of the molecule is CCC(C)CN(C)c1nc(Cl)nc(C)c1[N+](=O)[O-]. The first-order chi connectivity index (χ1) is 8.36. The van der Waals surface area contributed by atoms with E-state index >= 15 is 0 Å². The third kappa shape index (κ3) is 3.29. The van der Waals surface area contributed by atoms with Crippen molar-refractivity contribution in [3.05, 3.63) is 21.1 Å². The molecule has 0 saturated carbocycles. The van der Waals surface area contributed by atoms with Gasteiger partial charge in [0.05, 0.1) is 4.92 Å². The highest BCUT2D eigenvalue weighted by Gasteiger charge is 2.24. The van der Waals surface area contributed by atoms with Crippen molar-refractivity contribution in [3.63, 3.8) is 0 Å². The van der Waals surface area contributed by atoms with Crippen molar-refractivity contribution >= 4 is 23.1 Å². The molecule has 0 radical (unpaired) electrons. The van der Waals surface area contributed by atoms with Crippen LogP contribution >= 0.6 is 11.6 Å². The molecule has 0 aromatic carbocycles. The van der Waals surface area contributed by atoms with E-state index < -0.39 is 4.92 Å². The van der Waals surface area contributed by atoms with Gasteiger partial charge in [-0.3, -0.25) is 10.1 Å². The highest BCUT2D eigenvalue weighted by Crippen LogP contribution is 2.29. The lowest BCUT2D eigenvalue weighted by Crippen LogP contribution is -2.26. The summed E-state index contributed by atoms with van der Waals surface area (Å²) in [6, 6.07) is 0. The minimum Gasteiger partial charge on any atom is -0.354 e. The third-order valence-corrected chi connectivity index (χ3v) is 3.01. The van der Waals surface area contributed by atoms with Crippen LogP contribution in [0, 0.1) is 23.0 Å². The maximum Gasteiger partial charge on any atom is 0.332 e. The smallest absolute Gasteiger partial charge is 0.332 e. The van der Waals surface area contributed by atoms with E-state index in [2.05, 4.69) is 23.8 Å². The van der Waals surface area contributed by atoms with Crippen LogP contribution in [0.2, 0.25) is 5.28 Å². The Bertz CT molecular complexity index is 453. The van der Waals surface area contributed by atoms with Crippen LogP contribution < -0.4 is 4.90 Å². The van der Waals surface area contributed by atoms with Crippen molar-refractivity contribution in [2.75, 3.05) is 18.5 Å². The summed E-state index contributed by atoms with van der Waals surface area (Å²) in [5.74, 6) is 0.696. The van der Waals surface area contributed by atoms with Crippen molar-refractivity contribution < 1.29 is 4.92 Å². The van der Waals surface area contributed by atoms with E-state index in [1.807, 2.05) is 0 Å². The fourth-order valence-corrected chi connectivity index (χ4v) is 1.89. The lowest BCUT2D eigenvalue weighted by Gasteiger charge is -2.21. The number of nitrogens with zero attached hydrogens (tertiary/aromatic N) is 4. The van der Waals surface area contributed by atoms with E-state index in [-0.39, 0.29) is 22.5 Å². The first-order valence-corrected chi connectivity index (χ1v) is 6.14. The van der Waals surface area contributed by atoms with Crippen LogP contribution in [0.15, 0.2) is 0 Å². The number of rotatable bonds is 5. The first kappa shape index (κ1) is 14.6. The monoisotopic (exact) mass is 272 g/mol. The summed E-state index contributed by atoms with van der Waals surface area (Å²) in [5, 5.41) is 11.1. The molecule has 1 rings (SSSR count). The van der Waals surface area contributed by atoms with Crippen LogP contribution in [-0.2, 0) is 0 Å². The van der Waals surface area contributed by atoms with Gasteiger partial charge in [-0.1, -0.05) is 20.3 Å². The number of halogens is 1. The number of anilines is 1. The van der Waals surface area contributed by atoms with Crippen LogP contribution in [-0.4, -0.2) is 28.5 Å². The number of hydrogen-bond acceptors (Lipinski definition) is 5. The normalized spacial score (nSPS) is 12.3. The van der Waals surface area contributed by atoms with Crippen LogP contribution in [0.1, 0.15) is 26.0 Å². The van der Waals surface area contributed by atoms with Gasteiger partial charge in [0.1, 0.15) is 5.69 Å². The maximum absolute atomic E-state index is 11.1. The van der Waals surface area contributed by atoms with E-state index in [1.54, 1.807) is 18.9 Å². The van der Waals surface area contributed by atoms with Gasteiger partial charge in [-0.2, -0.15) is 4.98 Å². The molecule has 0 aliphatic carbocycles. The van der Waals surface area contributed by atoms with Crippen molar-refractivity contribution in [2.24, 2.45) is 5.92 Å². The van der Waals surface area contributed by atoms with E-state index in [4.69, 9.17) is 11.6 Å². The molecule has 1 atom stereocenters. The number of nitro groups is 1. The highest BCUT2D eigenvalue weighted by molar-refractivity contribution is 6.28. The number of hydrogen-bond donors (Lipinski definition) is 0. The summed E-state index contributed by atoms with van der Waals surface area (Å²) in [6.45, 7) is 6.40. The predicted octanol–water partition coefficient (Wildman–Crippen LogP) is 2.83. The molecule has 0 N–H and O–H groups in total. The minimum absolute atomic E-state index is 0.0316. The Labute approximate surface area is 111 Å². The lowest BCUT2D eigenvalue weighted by atomic mass is 10.1. The second-order valence-corrected chi connectivity index (χ2v) is 4.74. The molecule has 0 aliphatic heterocycles. The van der Waals surface area contributed by atoms with Crippen LogP contribution in [0.5, 0.6) is 0 Å². The second-order valence-electron chi connectivity index (χ2n) is 4.40. The van der Waals surface area contributed by atoms with Gasteiger partial charge >= 0.3 is 5.69 Å². The summed E-state index contributed by atoms with van der Waals surface area (Å²) in [7, 11) is 1.78. The van der Waals surface area contributed by atoms with Crippen molar-refractivity contribution in [1.82, 2.24) is 9.97 Å². The molecular formula is C11H17ClN4O2. The molecule has 1 heterocycles. The largest absolute Gasteiger partial charge is 0.354 e. The topological polar surface area (TPSA) is 72.2 Å². The second kappa shape index (κ2) is 5.95. The van der Waals surface area contributed by atoms with Crippen molar-refractivity contribution in [1.29, 1.82) is 0 Å². The molecule has 0 saturated heterocycles. The van der Waals surface area contributed by atoms with E-state index in [1.165, 1.54) is 0 Å². The van der Waals surface area contributed by atoms with Gasteiger partial charge in [0.2, 0.25) is 11.1 Å².